The Labute approximate surface area is 148 Å². The molecule has 0 aromatic carbocycles. The molecule has 25 heavy (non-hydrogen) atoms. The van der Waals surface area contributed by atoms with Gasteiger partial charge in [0.1, 0.15) is 24.4 Å². The second kappa shape index (κ2) is 6.14. The van der Waals surface area contributed by atoms with Crippen molar-refractivity contribution in [3.8, 4) is 0 Å². The molecular formula is C17H28O8. The van der Waals surface area contributed by atoms with E-state index in [2.05, 4.69) is 0 Å². The van der Waals surface area contributed by atoms with E-state index < -0.39 is 47.7 Å². The van der Waals surface area contributed by atoms with Crippen molar-refractivity contribution in [3.05, 3.63) is 0 Å². The summed E-state index contributed by atoms with van der Waals surface area (Å²) in [4.78, 5) is 12.2. The molecule has 0 amide bonds. The van der Waals surface area contributed by atoms with E-state index in [1.165, 1.54) is 7.11 Å². The number of methoxy groups -OCH3 is 1. The van der Waals surface area contributed by atoms with Crippen LogP contribution in [0.25, 0.3) is 0 Å². The van der Waals surface area contributed by atoms with Crippen molar-refractivity contribution in [1.29, 1.82) is 0 Å². The zero-order valence-electron chi connectivity index (χ0n) is 15.9. The minimum Gasteiger partial charge on any atom is -0.467 e. The summed E-state index contributed by atoms with van der Waals surface area (Å²) in [6.45, 7) is 11.2. The van der Waals surface area contributed by atoms with Crippen LogP contribution in [0, 0.1) is 0 Å². The lowest BCUT2D eigenvalue weighted by atomic mass is 9.99. The van der Waals surface area contributed by atoms with Crippen molar-refractivity contribution in [2.24, 2.45) is 0 Å². The number of carbonyl (C=O) groups excluding carboxylic acids is 1. The lowest BCUT2D eigenvalue weighted by Gasteiger charge is -2.28. The van der Waals surface area contributed by atoms with Gasteiger partial charge in [0, 0.05) is 0 Å². The molecule has 0 aliphatic carbocycles. The number of hydrogen-bond donors (Lipinski definition) is 0. The van der Waals surface area contributed by atoms with Crippen LogP contribution in [0.4, 0.5) is 0 Å². The molecule has 3 aliphatic rings. The molecule has 144 valence electrons. The lowest BCUT2D eigenvalue weighted by molar-refractivity contribution is -0.178. The molecule has 8 nitrogen and oxygen atoms in total. The van der Waals surface area contributed by atoms with E-state index in [0.29, 0.717) is 6.61 Å². The van der Waals surface area contributed by atoms with Crippen molar-refractivity contribution >= 4 is 5.97 Å². The lowest BCUT2D eigenvalue weighted by Crippen LogP contribution is -2.49. The first-order valence-electron chi connectivity index (χ1n) is 8.54. The second-order valence-electron chi connectivity index (χ2n) is 7.98. The highest BCUT2D eigenvalue weighted by Crippen LogP contribution is 2.41. The topological polar surface area (TPSA) is 81.7 Å². The van der Waals surface area contributed by atoms with Crippen LogP contribution in [0.1, 0.15) is 41.5 Å². The number of rotatable bonds is 3. The molecule has 0 bridgehead atoms. The van der Waals surface area contributed by atoms with Gasteiger partial charge in [0.25, 0.3) is 0 Å². The van der Waals surface area contributed by atoms with Gasteiger partial charge in [-0.05, 0) is 41.5 Å². The van der Waals surface area contributed by atoms with E-state index in [-0.39, 0.29) is 6.10 Å². The number of carbonyl (C=O) groups is 1. The Bertz CT molecular complexity index is 529. The Morgan fingerprint density at radius 1 is 0.800 bits per heavy atom. The molecule has 0 radical (unpaired) electrons. The van der Waals surface area contributed by atoms with E-state index in [1.54, 1.807) is 13.8 Å². The molecule has 0 aromatic rings. The zero-order valence-corrected chi connectivity index (χ0v) is 15.9. The maximum absolute atomic E-state index is 12.2. The van der Waals surface area contributed by atoms with Gasteiger partial charge in [-0.1, -0.05) is 0 Å². The quantitative estimate of drug-likeness (QED) is 0.698. The summed E-state index contributed by atoms with van der Waals surface area (Å²) in [5, 5.41) is 0. The highest BCUT2D eigenvalue weighted by molar-refractivity contribution is 5.75. The van der Waals surface area contributed by atoms with E-state index in [9.17, 15) is 4.79 Å². The minimum absolute atomic E-state index is 0.340. The smallest absolute Gasteiger partial charge is 0.337 e. The molecule has 0 saturated carbocycles. The predicted octanol–water partition coefficient (Wildman–Crippen LogP) is 1.35. The van der Waals surface area contributed by atoms with Gasteiger partial charge < -0.3 is 33.2 Å². The third kappa shape index (κ3) is 3.84. The fourth-order valence-electron chi connectivity index (χ4n) is 3.56. The van der Waals surface area contributed by atoms with Gasteiger partial charge in [-0.25, -0.2) is 4.79 Å². The van der Waals surface area contributed by atoms with Crippen molar-refractivity contribution in [1.82, 2.24) is 0 Å². The molecule has 5 unspecified atom stereocenters. The van der Waals surface area contributed by atoms with Crippen LogP contribution in [0.3, 0.4) is 0 Å². The van der Waals surface area contributed by atoms with Crippen LogP contribution in [-0.4, -0.2) is 67.6 Å². The highest BCUT2D eigenvalue weighted by Gasteiger charge is 2.59. The van der Waals surface area contributed by atoms with Crippen LogP contribution < -0.4 is 0 Å². The molecule has 3 saturated heterocycles. The first kappa shape index (κ1) is 19.0. The number of ether oxygens (including phenoxy) is 7. The molecule has 5 atom stereocenters. The molecule has 3 heterocycles. The van der Waals surface area contributed by atoms with E-state index in [1.807, 2.05) is 27.7 Å². The Kier molecular flexibility index (Phi) is 4.67. The average Bonchev–Trinajstić information content (AvgIpc) is 3.10. The maximum atomic E-state index is 12.2. The van der Waals surface area contributed by atoms with Crippen molar-refractivity contribution in [2.45, 2.75) is 89.4 Å². The second-order valence-corrected chi connectivity index (χ2v) is 7.98. The average molecular weight is 360 g/mol. The third-order valence-corrected chi connectivity index (χ3v) is 4.45. The molecule has 3 fully saturated rings. The third-order valence-electron chi connectivity index (χ3n) is 4.45. The molecule has 8 heteroatoms. The summed E-state index contributed by atoms with van der Waals surface area (Å²) in [6.07, 6.45) is -2.95. The molecular weight excluding hydrogens is 332 g/mol. The van der Waals surface area contributed by atoms with Gasteiger partial charge in [-0.15, -0.1) is 0 Å². The number of hydrogen-bond acceptors (Lipinski definition) is 8. The SMILES string of the molecule is COC(=O)C1OC(C)(C)OC1C1OC(C)(C)OC1C1COC(C)(C)O1. The summed E-state index contributed by atoms with van der Waals surface area (Å²) in [7, 11) is 1.32. The van der Waals surface area contributed by atoms with Crippen LogP contribution in [-0.2, 0) is 38.0 Å². The van der Waals surface area contributed by atoms with Gasteiger partial charge in [0.15, 0.2) is 23.5 Å². The minimum atomic E-state index is -0.934. The fraction of sp³-hybridized carbons (Fsp3) is 0.941. The van der Waals surface area contributed by atoms with E-state index in [4.69, 9.17) is 33.2 Å². The first-order chi connectivity index (χ1) is 11.4. The van der Waals surface area contributed by atoms with Crippen molar-refractivity contribution < 1.29 is 38.0 Å². The van der Waals surface area contributed by atoms with Gasteiger partial charge in [-0.2, -0.15) is 0 Å². The van der Waals surface area contributed by atoms with Crippen LogP contribution in [0.5, 0.6) is 0 Å². The van der Waals surface area contributed by atoms with Gasteiger partial charge in [-0.3, -0.25) is 0 Å². The Morgan fingerprint density at radius 3 is 1.92 bits per heavy atom. The molecule has 0 aromatic heterocycles. The fourth-order valence-corrected chi connectivity index (χ4v) is 3.56. The summed E-state index contributed by atoms with van der Waals surface area (Å²) < 4.78 is 40.3. The first-order valence-corrected chi connectivity index (χ1v) is 8.54. The maximum Gasteiger partial charge on any atom is 0.337 e. The van der Waals surface area contributed by atoms with Gasteiger partial charge in [0.2, 0.25) is 0 Å². The largest absolute Gasteiger partial charge is 0.467 e. The normalized spacial score (nSPS) is 41.8. The molecule has 0 spiro atoms. The van der Waals surface area contributed by atoms with Crippen molar-refractivity contribution in [2.75, 3.05) is 13.7 Å². The highest BCUT2D eigenvalue weighted by atomic mass is 16.8. The number of esters is 1. The van der Waals surface area contributed by atoms with Crippen molar-refractivity contribution in [3.63, 3.8) is 0 Å². The van der Waals surface area contributed by atoms with Crippen LogP contribution in [0.2, 0.25) is 0 Å². The Hall–Kier alpha value is -0.770. The van der Waals surface area contributed by atoms with E-state index >= 15 is 0 Å². The Morgan fingerprint density at radius 2 is 1.36 bits per heavy atom. The van der Waals surface area contributed by atoms with E-state index in [0.717, 1.165) is 0 Å². The predicted molar refractivity (Wildman–Crippen MR) is 84.6 cm³/mol. The summed E-state index contributed by atoms with van der Waals surface area (Å²) in [6, 6.07) is 0. The van der Waals surface area contributed by atoms with Crippen LogP contribution in [0.15, 0.2) is 0 Å². The standard InChI is InChI=1S/C17H28O8/c1-15(2)20-8-9(21-15)10-11(23-16(3,4)22-10)12-13(14(18)19-7)25-17(5,6)24-12/h9-13H,8H2,1-7H3. The molecule has 3 aliphatic heterocycles. The molecule has 0 N–H and O–H groups in total. The van der Waals surface area contributed by atoms with Gasteiger partial charge in [0.05, 0.1) is 13.7 Å². The Balaban J connectivity index is 1.85. The summed E-state index contributed by atoms with van der Waals surface area (Å²) >= 11 is 0. The summed E-state index contributed by atoms with van der Waals surface area (Å²) in [5.41, 5.74) is 0. The van der Waals surface area contributed by atoms with Crippen LogP contribution >= 0.6 is 0 Å². The monoisotopic (exact) mass is 360 g/mol. The summed E-state index contributed by atoms with van der Waals surface area (Å²) in [5.74, 6) is -2.98. The van der Waals surface area contributed by atoms with Gasteiger partial charge >= 0.3 is 5.97 Å². The molecule has 3 rings (SSSR count). The zero-order chi connectivity index (χ0) is 18.6.